The molecule has 1 fully saturated rings. The molecule has 1 aromatic rings. The third-order valence-electron chi connectivity index (χ3n) is 3.70. The largest absolute Gasteiger partial charge is 0.340 e. The molecular formula is C15H24N2OS. The maximum Gasteiger partial charge on any atom is 0.222 e. The van der Waals surface area contributed by atoms with E-state index in [-0.39, 0.29) is 0 Å². The fraction of sp³-hybridized carbons (Fsp3) is 0.667. The standard InChI is InChI=1S/C15H24N2OS/c1-11-10-17(8-7-16-11)15(18)6-4-5-14-9-12(2)19-13(14)3/h9,11,16H,4-8,10H2,1-3H3. The molecule has 0 bridgehead atoms. The van der Waals surface area contributed by atoms with Crippen molar-refractivity contribution < 1.29 is 4.79 Å². The molecule has 1 aromatic heterocycles. The van der Waals surface area contributed by atoms with Crippen LogP contribution in [0.15, 0.2) is 6.07 Å². The molecule has 1 atom stereocenters. The van der Waals surface area contributed by atoms with Crippen molar-refractivity contribution in [2.24, 2.45) is 0 Å². The molecule has 1 aliphatic rings. The number of amides is 1. The van der Waals surface area contributed by atoms with Crippen LogP contribution in [-0.4, -0.2) is 36.5 Å². The fourth-order valence-electron chi connectivity index (χ4n) is 2.68. The number of nitrogens with zero attached hydrogens (tertiary/aromatic N) is 1. The summed E-state index contributed by atoms with van der Waals surface area (Å²) in [5.41, 5.74) is 1.42. The molecule has 1 saturated heterocycles. The van der Waals surface area contributed by atoms with E-state index in [0.717, 1.165) is 32.5 Å². The number of hydrogen-bond donors (Lipinski definition) is 1. The van der Waals surface area contributed by atoms with Crippen LogP contribution in [0.3, 0.4) is 0 Å². The summed E-state index contributed by atoms with van der Waals surface area (Å²) >= 11 is 1.85. The van der Waals surface area contributed by atoms with Gasteiger partial charge in [-0.05, 0) is 45.2 Å². The molecule has 2 heterocycles. The average molecular weight is 280 g/mol. The minimum Gasteiger partial charge on any atom is -0.340 e. The lowest BCUT2D eigenvalue weighted by molar-refractivity contribution is -0.132. The molecule has 0 radical (unpaired) electrons. The summed E-state index contributed by atoms with van der Waals surface area (Å²) < 4.78 is 0. The Morgan fingerprint density at radius 1 is 1.53 bits per heavy atom. The van der Waals surface area contributed by atoms with Crippen LogP contribution < -0.4 is 5.32 Å². The van der Waals surface area contributed by atoms with Gasteiger partial charge in [-0.25, -0.2) is 0 Å². The summed E-state index contributed by atoms with van der Waals surface area (Å²) in [5.74, 6) is 0.318. The molecule has 2 rings (SSSR count). The Kier molecular flexibility index (Phi) is 4.99. The molecule has 1 aliphatic heterocycles. The Morgan fingerprint density at radius 2 is 2.32 bits per heavy atom. The highest BCUT2D eigenvalue weighted by atomic mass is 32.1. The lowest BCUT2D eigenvalue weighted by atomic mass is 10.1. The van der Waals surface area contributed by atoms with E-state index in [9.17, 15) is 4.79 Å². The minimum absolute atomic E-state index is 0.318. The van der Waals surface area contributed by atoms with Gasteiger partial charge in [0.25, 0.3) is 0 Å². The number of aryl methyl sites for hydroxylation is 3. The second-order valence-electron chi connectivity index (χ2n) is 5.49. The first-order chi connectivity index (χ1) is 9.06. The van der Waals surface area contributed by atoms with Gasteiger partial charge >= 0.3 is 0 Å². The van der Waals surface area contributed by atoms with Gasteiger partial charge in [0.2, 0.25) is 5.91 Å². The van der Waals surface area contributed by atoms with Crippen LogP contribution in [0, 0.1) is 13.8 Å². The van der Waals surface area contributed by atoms with E-state index in [2.05, 4.69) is 32.2 Å². The lowest BCUT2D eigenvalue weighted by Crippen LogP contribution is -2.51. The third-order valence-corrected chi connectivity index (χ3v) is 4.71. The molecular weight excluding hydrogens is 256 g/mol. The molecule has 4 heteroatoms. The van der Waals surface area contributed by atoms with Crippen molar-refractivity contribution in [1.29, 1.82) is 0 Å². The molecule has 1 unspecified atom stereocenters. The van der Waals surface area contributed by atoms with Gasteiger partial charge in [-0.3, -0.25) is 4.79 Å². The van der Waals surface area contributed by atoms with Crippen molar-refractivity contribution in [2.75, 3.05) is 19.6 Å². The molecule has 106 valence electrons. The van der Waals surface area contributed by atoms with Gasteiger partial charge < -0.3 is 10.2 Å². The highest BCUT2D eigenvalue weighted by Crippen LogP contribution is 2.22. The number of hydrogen-bond acceptors (Lipinski definition) is 3. The number of carbonyl (C=O) groups is 1. The first kappa shape index (κ1) is 14.5. The van der Waals surface area contributed by atoms with Gasteiger partial charge in [-0.15, -0.1) is 11.3 Å². The lowest BCUT2D eigenvalue weighted by Gasteiger charge is -2.32. The molecule has 0 spiro atoms. The highest BCUT2D eigenvalue weighted by molar-refractivity contribution is 7.12. The van der Waals surface area contributed by atoms with Crippen molar-refractivity contribution in [2.45, 2.75) is 46.1 Å². The van der Waals surface area contributed by atoms with Gasteiger partial charge in [-0.2, -0.15) is 0 Å². The first-order valence-corrected chi connectivity index (χ1v) is 7.95. The zero-order chi connectivity index (χ0) is 13.8. The fourth-order valence-corrected chi connectivity index (χ4v) is 3.65. The monoisotopic (exact) mass is 280 g/mol. The second-order valence-corrected chi connectivity index (χ2v) is 6.95. The van der Waals surface area contributed by atoms with Crippen molar-refractivity contribution in [1.82, 2.24) is 10.2 Å². The van der Waals surface area contributed by atoms with Crippen LogP contribution in [0.2, 0.25) is 0 Å². The van der Waals surface area contributed by atoms with Crippen LogP contribution in [0.1, 0.15) is 35.1 Å². The third kappa shape index (κ3) is 4.05. The van der Waals surface area contributed by atoms with Crippen LogP contribution >= 0.6 is 11.3 Å². The second kappa shape index (κ2) is 6.53. The van der Waals surface area contributed by atoms with E-state index in [0.29, 0.717) is 18.4 Å². The van der Waals surface area contributed by atoms with E-state index >= 15 is 0 Å². The summed E-state index contributed by atoms with van der Waals surface area (Å²) in [5, 5.41) is 3.37. The van der Waals surface area contributed by atoms with Gasteiger partial charge in [0.15, 0.2) is 0 Å². The highest BCUT2D eigenvalue weighted by Gasteiger charge is 2.19. The number of rotatable bonds is 4. The Labute approximate surface area is 120 Å². The van der Waals surface area contributed by atoms with Crippen molar-refractivity contribution in [3.8, 4) is 0 Å². The van der Waals surface area contributed by atoms with Gasteiger partial charge in [0.05, 0.1) is 0 Å². The zero-order valence-corrected chi connectivity index (χ0v) is 13.0. The zero-order valence-electron chi connectivity index (χ0n) is 12.2. The number of nitrogens with one attached hydrogen (secondary N) is 1. The molecule has 0 aromatic carbocycles. The SMILES string of the molecule is Cc1cc(CCCC(=O)N2CCNC(C)C2)c(C)s1. The molecule has 1 amide bonds. The van der Waals surface area contributed by atoms with E-state index < -0.39 is 0 Å². The normalized spacial score (nSPS) is 19.7. The number of piperazine rings is 1. The Morgan fingerprint density at radius 3 is 2.95 bits per heavy atom. The summed E-state index contributed by atoms with van der Waals surface area (Å²) in [4.78, 5) is 16.9. The predicted octanol–water partition coefficient (Wildman–Crippen LogP) is 2.51. The smallest absolute Gasteiger partial charge is 0.222 e. The summed E-state index contributed by atoms with van der Waals surface area (Å²) in [7, 11) is 0. The Hall–Kier alpha value is -0.870. The van der Waals surface area contributed by atoms with Crippen LogP contribution in [0.5, 0.6) is 0 Å². The molecule has 3 nitrogen and oxygen atoms in total. The van der Waals surface area contributed by atoms with Crippen LogP contribution in [0.25, 0.3) is 0 Å². The first-order valence-electron chi connectivity index (χ1n) is 7.13. The van der Waals surface area contributed by atoms with E-state index in [1.807, 2.05) is 16.2 Å². The predicted molar refractivity (Wildman–Crippen MR) is 80.8 cm³/mol. The molecule has 19 heavy (non-hydrogen) atoms. The topological polar surface area (TPSA) is 32.3 Å². The van der Waals surface area contributed by atoms with E-state index in [4.69, 9.17) is 0 Å². The quantitative estimate of drug-likeness (QED) is 0.919. The summed E-state index contributed by atoms with van der Waals surface area (Å²) in [6.07, 6.45) is 2.68. The maximum atomic E-state index is 12.1. The van der Waals surface area contributed by atoms with Crippen molar-refractivity contribution in [3.63, 3.8) is 0 Å². The van der Waals surface area contributed by atoms with Gasteiger partial charge in [0, 0.05) is 41.9 Å². The van der Waals surface area contributed by atoms with E-state index in [1.54, 1.807) is 0 Å². The average Bonchev–Trinajstić information content (AvgIpc) is 2.68. The van der Waals surface area contributed by atoms with Gasteiger partial charge in [0.1, 0.15) is 0 Å². The van der Waals surface area contributed by atoms with Gasteiger partial charge in [-0.1, -0.05) is 0 Å². The number of thiophene rings is 1. The minimum atomic E-state index is 0.318. The summed E-state index contributed by atoms with van der Waals surface area (Å²) in [6, 6.07) is 2.69. The van der Waals surface area contributed by atoms with Crippen LogP contribution in [-0.2, 0) is 11.2 Å². The Balaban J connectivity index is 1.76. The van der Waals surface area contributed by atoms with E-state index in [1.165, 1.54) is 15.3 Å². The Bertz CT molecular complexity index is 441. The van der Waals surface area contributed by atoms with Crippen molar-refractivity contribution >= 4 is 17.2 Å². The molecule has 0 aliphatic carbocycles. The molecule has 0 saturated carbocycles. The van der Waals surface area contributed by atoms with Crippen LogP contribution in [0.4, 0.5) is 0 Å². The maximum absolute atomic E-state index is 12.1. The number of carbonyl (C=O) groups excluding carboxylic acids is 1. The summed E-state index contributed by atoms with van der Waals surface area (Å²) in [6.45, 7) is 9.10. The molecule has 1 N–H and O–H groups in total. The van der Waals surface area contributed by atoms with Crippen molar-refractivity contribution in [3.05, 3.63) is 21.4 Å².